The number of nitriles is 1. The molecule has 0 fully saturated rings. The minimum Gasteiger partial charge on any atom is -0.366 e. The maximum atomic E-state index is 13.3. The first-order chi connectivity index (χ1) is 15.4. The molecule has 11 heteroatoms. The maximum absolute atomic E-state index is 13.3. The molecule has 172 valence electrons. The first kappa shape index (κ1) is 24.0. The van der Waals surface area contributed by atoms with Crippen LogP contribution < -0.4 is 10.6 Å². The lowest BCUT2D eigenvalue weighted by molar-refractivity contribution is -0.137. The van der Waals surface area contributed by atoms with E-state index < -0.39 is 40.5 Å². The Bertz CT molecular complexity index is 1250. The van der Waals surface area contributed by atoms with Crippen molar-refractivity contribution in [3.05, 3.63) is 70.4 Å². The minimum absolute atomic E-state index is 0.0483. The Balaban J connectivity index is 2.26. The summed E-state index contributed by atoms with van der Waals surface area (Å²) in [6.45, 7) is 1.41. The number of hydrogen-bond donors (Lipinski definition) is 1. The number of carbonyl (C=O) groups is 2. The lowest BCUT2D eigenvalue weighted by Gasteiger charge is -2.41. The van der Waals surface area contributed by atoms with E-state index in [4.69, 9.17) is 5.73 Å². The summed E-state index contributed by atoms with van der Waals surface area (Å²) in [4.78, 5) is 28.2. The summed E-state index contributed by atoms with van der Waals surface area (Å²) in [7, 11) is -0.215. The largest absolute Gasteiger partial charge is 0.416 e. The molecule has 3 rings (SSSR count). The van der Waals surface area contributed by atoms with E-state index >= 15 is 0 Å². The van der Waals surface area contributed by atoms with Gasteiger partial charge >= 0.3 is 12.2 Å². The molecule has 0 bridgehead atoms. The van der Waals surface area contributed by atoms with Gasteiger partial charge in [0.15, 0.2) is 0 Å². The fraction of sp³-hybridized carbons (Fsp3) is 0.227. The Kier molecular flexibility index (Phi) is 6.33. The van der Waals surface area contributed by atoms with Gasteiger partial charge in [0, 0.05) is 23.9 Å². The van der Waals surface area contributed by atoms with Crippen LogP contribution in [0.25, 0.3) is 0 Å². The van der Waals surface area contributed by atoms with E-state index in [1.54, 1.807) is 0 Å². The van der Waals surface area contributed by atoms with E-state index in [2.05, 4.69) is 0 Å². The number of likely N-dealkylation sites (N-methyl/N-ethyl adjacent to an activating group) is 1. The fourth-order valence-electron chi connectivity index (χ4n) is 3.80. The number of primary amides is 1. The summed E-state index contributed by atoms with van der Waals surface area (Å²) >= 11 is 0. The second kappa shape index (κ2) is 8.71. The quantitative estimate of drug-likeness (QED) is 0.726. The van der Waals surface area contributed by atoms with Gasteiger partial charge in [-0.05, 0) is 42.8 Å². The van der Waals surface area contributed by atoms with Crippen molar-refractivity contribution < 1.29 is 27.0 Å². The molecule has 0 spiro atoms. The third-order valence-electron chi connectivity index (χ3n) is 5.32. The Labute approximate surface area is 190 Å². The van der Waals surface area contributed by atoms with Crippen LogP contribution in [0, 0.1) is 11.3 Å². The summed E-state index contributed by atoms with van der Waals surface area (Å²) in [5.41, 5.74) is 5.16. The molecule has 1 heterocycles. The van der Waals surface area contributed by atoms with Crippen molar-refractivity contribution in [2.45, 2.75) is 24.0 Å². The first-order valence-electron chi connectivity index (χ1n) is 9.50. The Morgan fingerprint density at radius 1 is 1.21 bits per heavy atom. The van der Waals surface area contributed by atoms with Crippen LogP contribution in [-0.2, 0) is 21.8 Å². The molecule has 0 aromatic heterocycles. The number of urea groups is 1. The van der Waals surface area contributed by atoms with Crippen molar-refractivity contribution in [2.24, 2.45) is 5.73 Å². The van der Waals surface area contributed by atoms with Crippen LogP contribution in [0.15, 0.2) is 58.6 Å². The molecule has 3 amide bonds. The van der Waals surface area contributed by atoms with Crippen molar-refractivity contribution in [3.8, 4) is 6.07 Å². The smallest absolute Gasteiger partial charge is 0.366 e. The van der Waals surface area contributed by atoms with Gasteiger partial charge in [0.25, 0.3) is 0 Å². The summed E-state index contributed by atoms with van der Waals surface area (Å²) in [6.07, 6.45) is -3.24. The third-order valence-corrected chi connectivity index (χ3v) is 6.30. The highest BCUT2D eigenvalue weighted by atomic mass is 32.2. The van der Waals surface area contributed by atoms with E-state index in [9.17, 15) is 32.2 Å². The Morgan fingerprint density at radius 2 is 1.88 bits per heavy atom. The van der Waals surface area contributed by atoms with Gasteiger partial charge in [-0.3, -0.25) is 13.9 Å². The number of rotatable bonds is 4. The van der Waals surface area contributed by atoms with E-state index in [1.807, 2.05) is 6.07 Å². The predicted molar refractivity (Wildman–Crippen MR) is 115 cm³/mol. The number of anilines is 1. The average Bonchev–Trinajstić information content (AvgIpc) is 2.75. The molecule has 2 aromatic carbocycles. The van der Waals surface area contributed by atoms with Crippen molar-refractivity contribution >= 4 is 28.4 Å². The zero-order valence-electron chi connectivity index (χ0n) is 17.8. The van der Waals surface area contributed by atoms with Crippen molar-refractivity contribution in [3.63, 3.8) is 0 Å². The van der Waals surface area contributed by atoms with Gasteiger partial charge in [-0.2, -0.15) is 18.4 Å². The van der Waals surface area contributed by atoms with E-state index in [0.717, 1.165) is 28.0 Å². The molecule has 2 atom stereocenters. The minimum atomic E-state index is -4.63. The molecule has 33 heavy (non-hydrogen) atoms. The standard InChI is InChI=1S/C22H19F3N4O3S/c1-12-18(20(27)30)19(16-8-7-13(11-26)9-17(16)33(3)32)28(2)21(31)29(12)15-6-4-5-14(10-15)22(23,24)25/h4-10,19H,1-3H3,(H2,27,30). The molecule has 0 aliphatic carbocycles. The summed E-state index contributed by atoms with van der Waals surface area (Å²) in [5.74, 6) is -0.897. The molecular weight excluding hydrogens is 457 g/mol. The summed E-state index contributed by atoms with van der Waals surface area (Å²) < 4.78 is 52.1. The second-order valence-corrected chi connectivity index (χ2v) is 8.71. The number of hydrogen-bond acceptors (Lipinski definition) is 4. The number of allylic oxidation sites excluding steroid dienone is 1. The maximum Gasteiger partial charge on any atom is 0.416 e. The van der Waals surface area contributed by atoms with Crippen molar-refractivity contribution in [1.29, 1.82) is 5.26 Å². The summed E-state index contributed by atoms with van der Waals surface area (Å²) in [5, 5.41) is 9.18. The first-order valence-corrected chi connectivity index (χ1v) is 11.1. The molecule has 7 nitrogen and oxygen atoms in total. The highest BCUT2D eigenvalue weighted by Gasteiger charge is 2.41. The summed E-state index contributed by atoms with van der Waals surface area (Å²) in [6, 6.07) is 8.68. The number of benzene rings is 2. The molecule has 2 unspecified atom stereocenters. The number of alkyl halides is 3. The number of nitrogens with two attached hydrogens (primary N) is 1. The van der Waals surface area contributed by atoms with Gasteiger partial charge in [-0.1, -0.05) is 12.1 Å². The van der Waals surface area contributed by atoms with Crippen LogP contribution in [0.1, 0.15) is 29.7 Å². The molecule has 0 saturated carbocycles. The number of nitrogens with zero attached hydrogens (tertiary/aromatic N) is 3. The number of halogens is 3. The average molecular weight is 476 g/mol. The van der Waals surface area contributed by atoms with E-state index in [0.29, 0.717) is 5.56 Å². The number of amides is 3. The topological polar surface area (TPSA) is 107 Å². The molecule has 1 aliphatic rings. The lowest BCUT2D eigenvalue weighted by atomic mass is 9.92. The van der Waals surface area contributed by atoms with E-state index in [-0.39, 0.29) is 27.4 Å². The Morgan fingerprint density at radius 3 is 2.42 bits per heavy atom. The molecule has 2 N–H and O–H groups in total. The molecule has 2 aromatic rings. The highest BCUT2D eigenvalue weighted by molar-refractivity contribution is 7.84. The van der Waals surface area contributed by atoms with Gasteiger partial charge in [0.05, 0.1) is 45.3 Å². The van der Waals surface area contributed by atoms with Crippen LogP contribution >= 0.6 is 0 Å². The normalized spacial score (nSPS) is 17.7. The van der Waals surface area contributed by atoms with Crippen LogP contribution in [0.5, 0.6) is 0 Å². The SMILES string of the molecule is CC1=C(C(N)=O)C(c2ccc(C#N)cc2S(C)=O)N(C)C(=O)N1c1cccc(C(F)(F)F)c1. The predicted octanol–water partition coefficient (Wildman–Crippen LogP) is 3.69. The van der Waals surface area contributed by atoms with Crippen LogP contribution in [0.3, 0.4) is 0 Å². The molecule has 0 radical (unpaired) electrons. The van der Waals surface area contributed by atoms with E-state index in [1.165, 1.54) is 44.5 Å². The fourth-order valence-corrected chi connectivity index (χ4v) is 4.61. The van der Waals surface area contributed by atoms with Gasteiger partial charge in [-0.25, -0.2) is 4.79 Å². The van der Waals surface area contributed by atoms with Gasteiger partial charge in [0.1, 0.15) is 0 Å². The molecule has 0 saturated heterocycles. The van der Waals surface area contributed by atoms with Gasteiger partial charge < -0.3 is 10.6 Å². The highest BCUT2D eigenvalue weighted by Crippen LogP contribution is 2.41. The third kappa shape index (κ3) is 4.34. The Hall–Kier alpha value is -3.65. The van der Waals surface area contributed by atoms with Crippen LogP contribution in [0.4, 0.5) is 23.7 Å². The van der Waals surface area contributed by atoms with Gasteiger partial charge in [0.2, 0.25) is 5.91 Å². The number of carbonyl (C=O) groups excluding carboxylic acids is 2. The lowest BCUT2D eigenvalue weighted by Crippen LogP contribution is -2.50. The zero-order chi connectivity index (χ0) is 24.7. The van der Waals surface area contributed by atoms with Crippen molar-refractivity contribution in [1.82, 2.24) is 4.90 Å². The van der Waals surface area contributed by atoms with Crippen molar-refractivity contribution in [2.75, 3.05) is 18.2 Å². The second-order valence-electron chi connectivity index (χ2n) is 7.36. The molecular formula is C22H19F3N4O3S. The van der Waals surface area contributed by atoms with Gasteiger partial charge in [-0.15, -0.1) is 0 Å². The van der Waals surface area contributed by atoms with Crippen LogP contribution in [0.2, 0.25) is 0 Å². The molecule has 1 aliphatic heterocycles. The monoisotopic (exact) mass is 476 g/mol. The van der Waals surface area contributed by atoms with Crippen LogP contribution in [-0.4, -0.2) is 34.4 Å². The zero-order valence-corrected chi connectivity index (χ0v) is 18.6.